The minimum Gasteiger partial charge on any atom is -0.462 e. The summed E-state index contributed by atoms with van der Waals surface area (Å²) in [6, 6.07) is 15.4. The Kier molecular flexibility index (Phi) is 8.79. The molecule has 2 aromatic carbocycles. The number of primary amides is 1. The number of rotatable bonds is 9. The molecule has 35 heavy (non-hydrogen) atoms. The number of hydrogen-bond acceptors (Lipinski definition) is 6. The van der Waals surface area contributed by atoms with Gasteiger partial charge in [-0.2, -0.15) is 5.26 Å². The van der Waals surface area contributed by atoms with Crippen molar-refractivity contribution in [1.29, 1.82) is 5.26 Å². The van der Waals surface area contributed by atoms with E-state index in [-0.39, 0.29) is 12.3 Å². The minimum absolute atomic E-state index is 0.222. The maximum Gasteiger partial charge on any atom is 0.323 e. The van der Waals surface area contributed by atoms with Crippen molar-refractivity contribution in [3.8, 4) is 6.07 Å². The zero-order chi connectivity index (χ0) is 25.8. The fourth-order valence-electron chi connectivity index (χ4n) is 4.89. The zero-order valence-corrected chi connectivity index (χ0v) is 21.1. The van der Waals surface area contributed by atoms with Crippen molar-refractivity contribution >= 4 is 35.1 Å². The molecule has 1 saturated heterocycles. The van der Waals surface area contributed by atoms with Crippen LogP contribution in [-0.4, -0.2) is 41.8 Å². The fourth-order valence-corrected chi connectivity index (χ4v) is 5.21. The van der Waals surface area contributed by atoms with E-state index in [0.717, 1.165) is 5.56 Å². The molecule has 5 atom stereocenters. The number of nitrogens with one attached hydrogen (secondary N) is 1. The van der Waals surface area contributed by atoms with E-state index in [1.54, 1.807) is 30.3 Å². The Labute approximate surface area is 215 Å². The average molecular weight is 518 g/mol. The highest BCUT2D eigenvalue weighted by molar-refractivity contribution is 6.30. The SMILES string of the molecule is CC(C)C[C@H]1N[C@@H](C(=O)OC[C@@H](O)CC(N)=O)[C@H](c2cccc(Cl)c2)[C@@]1(C#N)c1ccc(Cl)cc1. The van der Waals surface area contributed by atoms with Crippen LogP contribution >= 0.6 is 23.2 Å². The van der Waals surface area contributed by atoms with Gasteiger partial charge in [-0.1, -0.05) is 61.3 Å². The smallest absolute Gasteiger partial charge is 0.323 e. The van der Waals surface area contributed by atoms with Crippen LogP contribution in [-0.2, 0) is 19.7 Å². The maximum atomic E-state index is 13.3. The number of nitrogens with zero attached hydrogens (tertiary/aromatic N) is 1. The minimum atomic E-state index is -1.22. The molecular formula is C26H29Cl2N3O4. The summed E-state index contributed by atoms with van der Waals surface area (Å²) in [5, 5.41) is 25.1. The second kappa shape index (κ2) is 11.4. The van der Waals surface area contributed by atoms with Gasteiger partial charge in [0.1, 0.15) is 18.1 Å². The number of halogens is 2. The highest BCUT2D eigenvalue weighted by Gasteiger charge is 2.59. The predicted molar refractivity (Wildman–Crippen MR) is 134 cm³/mol. The van der Waals surface area contributed by atoms with Gasteiger partial charge in [0, 0.05) is 22.0 Å². The summed E-state index contributed by atoms with van der Waals surface area (Å²) in [5.74, 6) is -1.78. The molecular weight excluding hydrogens is 489 g/mol. The van der Waals surface area contributed by atoms with Gasteiger partial charge in [0.15, 0.2) is 0 Å². The third-order valence-corrected chi connectivity index (χ3v) is 6.77. The van der Waals surface area contributed by atoms with E-state index >= 15 is 0 Å². The number of ether oxygens (including phenoxy) is 1. The number of carbonyl (C=O) groups excluding carboxylic acids is 2. The van der Waals surface area contributed by atoms with Crippen molar-refractivity contribution in [2.75, 3.05) is 6.61 Å². The lowest BCUT2D eigenvalue weighted by molar-refractivity contribution is -0.150. The molecule has 1 heterocycles. The second-order valence-electron chi connectivity index (χ2n) is 9.30. The van der Waals surface area contributed by atoms with Crippen molar-refractivity contribution < 1.29 is 19.4 Å². The van der Waals surface area contributed by atoms with Crippen LogP contribution in [0.1, 0.15) is 43.7 Å². The largest absolute Gasteiger partial charge is 0.462 e. The summed E-state index contributed by atoms with van der Waals surface area (Å²) in [6.45, 7) is 3.70. The fraction of sp³-hybridized carbons (Fsp3) is 0.423. The topological polar surface area (TPSA) is 125 Å². The second-order valence-corrected chi connectivity index (χ2v) is 10.2. The van der Waals surface area contributed by atoms with Gasteiger partial charge in [-0.3, -0.25) is 14.9 Å². The molecule has 0 radical (unpaired) electrons. The molecule has 4 N–H and O–H groups in total. The van der Waals surface area contributed by atoms with Gasteiger partial charge < -0.3 is 15.6 Å². The van der Waals surface area contributed by atoms with Crippen LogP contribution in [0.4, 0.5) is 0 Å². The lowest BCUT2D eigenvalue weighted by Crippen LogP contribution is -2.42. The van der Waals surface area contributed by atoms with E-state index in [4.69, 9.17) is 33.7 Å². The molecule has 3 rings (SSSR count). The Morgan fingerprint density at radius 2 is 1.89 bits per heavy atom. The van der Waals surface area contributed by atoms with Gasteiger partial charge in [0.25, 0.3) is 0 Å². The normalized spacial score (nSPS) is 24.7. The molecule has 1 aliphatic heterocycles. The lowest BCUT2D eigenvalue weighted by Gasteiger charge is -2.35. The lowest BCUT2D eigenvalue weighted by atomic mass is 9.64. The maximum absolute atomic E-state index is 13.3. The number of aliphatic hydroxyl groups is 1. The highest BCUT2D eigenvalue weighted by Crippen LogP contribution is 2.50. The Morgan fingerprint density at radius 1 is 1.20 bits per heavy atom. The van der Waals surface area contributed by atoms with Crippen molar-refractivity contribution in [2.45, 2.75) is 56.2 Å². The Balaban J connectivity index is 2.11. The predicted octanol–water partition coefficient (Wildman–Crippen LogP) is 3.70. The average Bonchev–Trinajstić information content (AvgIpc) is 3.11. The summed E-state index contributed by atoms with van der Waals surface area (Å²) in [5.41, 5.74) is 5.39. The number of benzene rings is 2. The zero-order valence-electron chi connectivity index (χ0n) is 19.6. The first kappa shape index (κ1) is 27.0. The van der Waals surface area contributed by atoms with Gasteiger partial charge in [-0.25, -0.2) is 0 Å². The van der Waals surface area contributed by atoms with E-state index in [1.807, 2.05) is 32.0 Å². The first-order valence-corrected chi connectivity index (χ1v) is 12.2. The molecule has 0 aliphatic carbocycles. The van der Waals surface area contributed by atoms with Crippen LogP contribution in [0.3, 0.4) is 0 Å². The summed E-state index contributed by atoms with van der Waals surface area (Å²) < 4.78 is 5.39. The summed E-state index contributed by atoms with van der Waals surface area (Å²) in [4.78, 5) is 24.4. The molecule has 7 nitrogen and oxygen atoms in total. The standard InChI is InChI=1S/C26H29Cl2N3O4/c1-15(2)10-21-26(14-29,17-6-8-18(27)9-7-17)23(16-4-3-5-19(28)11-16)24(31-21)25(34)35-13-20(32)12-22(30)33/h3-9,11,15,20-21,23-24,31-32H,10,12-13H2,1-2H3,(H2,30,33)/t20-,21+,23-,24+,26-/m0/s1. The van der Waals surface area contributed by atoms with Gasteiger partial charge in [-0.05, 0) is 47.7 Å². The van der Waals surface area contributed by atoms with Crippen molar-refractivity contribution in [2.24, 2.45) is 11.7 Å². The number of hydrogen-bond donors (Lipinski definition) is 3. The van der Waals surface area contributed by atoms with E-state index < -0.39 is 48.0 Å². The van der Waals surface area contributed by atoms with Crippen LogP contribution in [0, 0.1) is 17.2 Å². The molecule has 0 unspecified atom stereocenters. The van der Waals surface area contributed by atoms with Crippen LogP contribution in [0.2, 0.25) is 10.0 Å². The molecule has 0 spiro atoms. The van der Waals surface area contributed by atoms with Gasteiger partial charge >= 0.3 is 5.97 Å². The van der Waals surface area contributed by atoms with E-state index in [2.05, 4.69) is 11.4 Å². The van der Waals surface area contributed by atoms with E-state index in [1.165, 1.54) is 0 Å². The molecule has 0 aromatic heterocycles. The molecule has 1 amide bonds. The first-order valence-electron chi connectivity index (χ1n) is 11.4. The summed E-state index contributed by atoms with van der Waals surface area (Å²) in [6.07, 6.45) is -0.932. The molecule has 186 valence electrons. The number of nitrogens with two attached hydrogens (primary N) is 1. The van der Waals surface area contributed by atoms with Crippen LogP contribution in [0.15, 0.2) is 48.5 Å². The van der Waals surface area contributed by atoms with Crippen molar-refractivity contribution in [3.05, 3.63) is 69.7 Å². The third kappa shape index (κ3) is 5.96. The highest BCUT2D eigenvalue weighted by atomic mass is 35.5. The van der Waals surface area contributed by atoms with Crippen LogP contribution < -0.4 is 11.1 Å². The molecule has 0 saturated carbocycles. The van der Waals surface area contributed by atoms with Gasteiger partial charge in [0.05, 0.1) is 18.6 Å². The molecule has 1 fully saturated rings. The van der Waals surface area contributed by atoms with Gasteiger partial charge in [-0.15, -0.1) is 0 Å². The van der Waals surface area contributed by atoms with Gasteiger partial charge in [0.2, 0.25) is 5.91 Å². The van der Waals surface area contributed by atoms with E-state index in [9.17, 15) is 20.0 Å². The molecule has 1 aliphatic rings. The Hall–Kier alpha value is -2.63. The summed E-state index contributed by atoms with van der Waals surface area (Å²) >= 11 is 12.5. The van der Waals surface area contributed by atoms with E-state index in [0.29, 0.717) is 22.0 Å². The number of nitriles is 1. The number of amides is 1. The monoisotopic (exact) mass is 517 g/mol. The first-order chi connectivity index (χ1) is 16.6. The van der Waals surface area contributed by atoms with Crippen molar-refractivity contribution in [1.82, 2.24) is 5.32 Å². The molecule has 2 aromatic rings. The third-order valence-electron chi connectivity index (χ3n) is 6.28. The Bertz CT molecular complexity index is 1100. The van der Waals surface area contributed by atoms with Crippen LogP contribution in [0.5, 0.6) is 0 Å². The number of aliphatic hydroxyl groups excluding tert-OH is 1. The molecule has 0 bridgehead atoms. The Morgan fingerprint density at radius 3 is 2.46 bits per heavy atom. The number of esters is 1. The van der Waals surface area contributed by atoms with Crippen molar-refractivity contribution in [3.63, 3.8) is 0 Å². The number of carbonyl (C=O) groups is 2. The summed E-state index contributed by atoms with van der Waals surface area (Å²) in [7, 11) is 0. The quantitative estimate of drug-likeness (QED) is 0.435. The van der Waals surface area contributed by atoms with Crippen LogP contribution in [0.25, 0.3) is 0 Å². The molecule has 9 heteroatoms.